The molecule has 0 spiro atoms. The van der Waals surface area contributed by atoms with Crippen molar-refractivity contribution < 1.29 is 4.79 Å². The smallest absolute Gasteiger partial charge is 0.155 e. The Kier molecular flexibility index (Phi) is 6.56. The Balaban J connectivity index is 5.10. The van der Waals surface area contributed by atoms with Crippen LogP contribution in [0.1, 0.15) is 74.7 Å². The van der Waals surface area contributed by atoms with Crippen LogP contribution in [-0.2, 0) is 4.79 Å². The Labute approximate surface area is 114 Å². The third kappa shape index (κ3) is 5.09. The Morgan fingerprint density at radius 1 is 1.06 bits per heavy atom. The zero-order valence-corrected chi connectivity index (χ0v) is 13.8. The van der Waals surface area contributed by atoms with Crippen LogP contribution >= 0.6 is 0 Å². The number of carbonyl (C=O) groups is 1. The van der Waals surface area contributed by atoms with Gasteiger partial charge in [0, 0.05) is 11.0 Å². The molecule has 0 aromatic carbocycles. The van der Waals surface area contributed by atoms with E-state index in [1.165, 1.54) is 6.42 Å². The molecule has 0 amide bonds. The molecule has 18 heavy (non-hydrogen) atoms. The van der Waals surface area contributed by atoms with Crippen LogP contribution in [0.25, 0.3) is 0 Å². The van der Waals surface area contributed by atoms with Gasteiger partial charge < -0.3 is 0 Å². The molecule has 108 valence electrons. The average Bonchev–Trinajstić information content (AvgIpc) is 2.20. The first kappa shape index (κ1) is 17.6. The summed E-state index contributed by atoms with van der Waals surface area (Å²) in [4.78, 5) is 15.0. The second-order valence-electron chi connectivity index (χ2n) is 7.26. The van der Waals surface area contributed by atoms with Gasteiger partial charge in [0.15, 0.2) is 5.78 Å². The number of nitrogens with zero attached hydrogens (tertiary/aromatic N) is 1. The second-order valence-corrected chi connectivity index (χ2v) is 7.26. The van der Waals surface area contributed by atoms with Gasteiger partial charge in [-0.25, -0.2) is 0 Å². The first-order valence-electron chi connectivity index (χ1n) is 7.36. The van der Waals surface area contributed by atoms with E-state index in [2.05, 4.69) is 39.5 Å². The van der Waals surface area contributed by atoms with Gasteiger partial charge in [0.1, 0.15) is 0 Å². The van der Waals surface area contributed by atoms with Gasteiger partial charge in [0.05, 0.1) is 6.04 Å². The second kappa shape index (κ2) is 6.70. The summed E-state index contributed by atoms with van der Waals surface area (Å²) in [6.45, 7) is 18.0. The molecule has 2 nitrogen and oxygen atoms in total. The van der Waals surface area contributed by atoms with Crippen molar-refractivity contribution in [1.29, 1.82) is 0 Å². The highest BCUT2D eigenvalue weighted by molar-refractivity contribution is 5.88. The summed E-state index contributed by atoms with van der Waals surface area (Å²) >= 11 is 0. The largest absolute Gasteiger partial charge is 0.297 e. The Morgan fingerprint density at radius 2 is 1.56 bits per heavy atom. The SMILES string of the molecule is CCCCN(C(CC)C(=O)C(C)(C)C)C(C)(C)C. The zero-order chi connectivity index (χ0) is 14.6. The fourth-order valence-corrected chi connectivity index (χ4v) is 2.33. The molecular formula is C16H33NO. The summed E-state index contributed by atoms with van der Waals surface area (Å²) < 4.78 is 0. The molecule has 0 heterocycles. The number of Topliss-reactive ketones (excluding diaryl/α,β-unsaturated/α-hetero) is 1. The molecule has 0 saturated carbocycles. The Morgan fingerprint density at radius 3 is 1.83 bits per heavy atom. The predicted octanol–water partition coefficient (Wildman–Crippen LogP) is 4.28. The molecule has 2 heteroatoms. The molecule has 0 aromatic rings. The van der Waals surface area contributed by atoms with Crippen molar-refractivity contribution in [2.45, 2.75) is 86.2 Å². The van der Waals surface area contributed by atoms with Crippen molar-refractivity contribution >= 4 is 5.78 Å². The standard InChI is InChI=1S/C16H33NO/c1-9-11-12-17(16(6,7)8)13(10-2)14(18)15(3,4)5/h13H,9-12H2,1-8H3. The van der Waals surface area contributed by atoms with E-state index in [9.17, 15) is 4.79 Å². The lowest BCUT2D eigenvalue weighted by atomic mass is 9.83. The molecule has 0 radical (unpaired) electrons. The molecule has 0 aliphatic heterocycles. The van der Waals surface area contributed by atoms with Crippen LogP contribution in [-0.4, -0.2) is 28.8 Å². The van der Waals surface area contributed by atoms with Gasteiger partial charge in [-0.3, -0.25) is 9.69 Å². The van der Waals surface area contributed by atoms with Crippen molar-refractivity contribution in [3.63, 3.8) is 0 Å². The summed E-state index contributed by atoms with van der Waals surface area (Å²) in [6, 6.07) is 0.0524. The van der Waals surface area contributed by atoms with E-state index in [0.717, 1.165) is 19.4 Å². The summed E-state index contributed by atoms with van der Waals surface area (Å²) in [5.41, 5.74) is -0.201. The number of carbonyl (C=O) groups excluding carboxylic acids is 1. The lowest BCUT2D eigenvalue weighted by Gasteiger charge is -2.42. The van der Waals surface area contributed by atoms with Crippen molar-refractivity contribution in [1.82, 2.24) is 4.90 Å². The summed E-state index contributed by atoms with van der Waals surface area (Å²) in [5.74, 6) is 0.371. The van der Waals surface area contributed by atoms with E-state index < -0.39 is 0 Å². The molecule has 0 fully saturated rings. The van der Waals surface area contributed by atoms with Crippen LogP contribution in [0.4, 0.5) is 0 Å². The van der Waals surface area contributed by atoms with Gasteiger partial charge in [-0.05, 0) is 40.2 Å². The predicted molar refractivity (Wildman–Crippen MR) is 79.9 cm³/mol. The molecule has 0 aliphatic carbocycles. The fourth-order valence-electron chi connectivity index (χ4n) is 2.33. The van der Waals surface area contributed by atoms with Gasteiger partial charge >= 0.3 is 0 Å². The minimum absolute atomic E-state index is 0.0523. The molecule has 0 N–H and O–H groups in total. The first-order valence-corrected chi connectivity index (χ1v) is 7.36. The van der Waals surface area contributed by atoms with Gasteiger partial charge in [-0.15, -0.1) is 0 Å². The monoisotopic (exact) mass is 255 g/mol. The Bertz CT molecular complexity index is 257. The first-order chi connectivity index (χ1) is 8.05. The molecule has 0 aromatic heterocycles. The van der Waals surface area contributed by atoms with Crippen LogP contribution in [0.3, 0.4) is 0 Å². The van der Waals surface area contributed by atoms with E-state index in [4.69, 9.17) is 0 Å². The maximum absolute atomic E-state index is 12.6. The fraction of sp³-hybridized carbons (Fsp3) is 0.938. The van der Waals surface area contributed by atoms with Crippen molar-refractivity contribution in [2.75, 3.05) is 6.54 Å². The molecule has 0 saturated heterocycles. The van der Waals surface area contributed by atoms with Gasteiger partial charge in [-0.2, -0.15) is 0 Å². The van der Waals surface area contributed by atoms with Crippen LogP contribution in [0.15, 0.2) is 0 Å². The van der Waals surface area contributed by atoms with E-state index in [1.54, 1.807) is 0 Å². The third-order valence-electron chi connectivity index (χ3n) is 3.42. The van der Waals surface area contributed by atoms with Crippen molar-refractivity contribution in [3.05, 3.63) is 0 Å². The highest BCUT2D eigenvalue weighted by Crippen LogP contribution is 2.26. The third-order valence-corrected chi connectivity index (χ3v) is 3.42. The molecule has 1 atom stereocenters. The van der Waals surface area contributed by atoms with Crippen LogP contribution < -0.4 is 0 Å². The van der Waals surface area contributed by atoms with Gasteiger partial charge in [0.25, 0.3) is 0 Å². The molecular weight excluding hydrogens is 222 g/mol. The molecule has 0 bridgehead atoms. The van der Waals surface area contributed by atoms with Crippen molar-refractivity contribution in [3.8, 4) is 0 Å². The number of hydrogen-bond donors (Lipinski definition) is 0. The zero-order valence-electron chi connectivity index (χ0n) is 13.8. The average molecular weight is 255 g/mol. The topological polar surface area (TPSA) is 20.3 Å². The van der Waals surface area contributed by atoms with Crippen LogP contribution in [0.5, 0.6) is 0 Å². The highest BCUT2D eigenvalue weighted by Gasteiger charge is 2.36. The molecule has 0 rings (SSSR count). The maximum atomic E-state index is 12.6. The number of unbranched alkanes of at least 4 members (excludes halogenated alkanes) is 1. The minimum atomic E-state index is -0.254. The van der Waals surface area contributed by atoms with Crippen LogP contribution in [0.2, 0.25) is 0 Å². The van der Waals surface area contributed by atoms with Gasteiger partial charge in [0.2, 0.25) is 0 Å². The van der Waals surface area contributed by atoms with Gasteiger partial charge in [-0.1, -0.05) is 41.0 Å². The number of rotatable bonds is 6. The Hall–Kier alpha value is -0.370. The maximum Gasteiger partial charge on any atom is 0.155 e. The normalized spacial score (nSPS) is 14.9. The van der Waals surface area contributed by atoms with Crippen molar-refractivity contribution in [2.24, 2.45) is 5.41 Å². The number of ketones is 1. The quantitative estimate of drug-likeness (QED) is 0.706. The summed E-state index contributed by atoms with van der Waals surface area (Å²) in [5, 5.41) is 0. The minimum Gasteiger partial charge on any atom is -0.297 e. The van der Waals surface area contributed by atoms with E-state index >= 15 is 0 Å². The summed E-state index contributed by atoms with van der Waals surface area (Å²) in [7, 11) is 0. The van der Waals surface area contributed by atoms with E-state index in [1.807, 2.05) is 20.8 Å². The van der Waals surface area contributed by atoms with E-state index in [-0.39, 0.29) is 17.0 Å². The highest BCUT2D eigenvalue weighted by atomic mass is 16.1. The van der Waals surface area contributed by atoms with E-state index in [0.29, 0.717) is 5.78 Å². The lowest BCUT2D eigenvalue weighted by Crippen LogP contribution is -2.54. The molecule has 1 unspecified atom stereocenters. The van der Waals surface area contributed by atoms with Crippen LogP contribution in [0, 0.1) is 5.41 Å². The summed E-state index contributed by atoms with van der Waals surface area (Å²) in [6.07, 6.45) is 3.23. The lowest BCUT2D eigenvalue weighted by molar-refractivity contribution is -0.134. The number of hydrogen-bond acceptors (Lipinski definition) is 2. The molecule has 0 aliphatic rings.